The van der Waals surface area contributed by atoms with Gasteiger partial charge in [0.15, 0.2) is 0 Å². The molecule has 88 valence electrons. The lowest BCUT2D eigenvalue weighted by Crippen LogP contribution is -2.25. The number of halogens is 1. The predicted octanol–water partition coefficient (Wildman–Crippen LogP) is 3.67. The Hall–Kier alpha value is -0.890. The first-order valence-electron chi connectivity index (χ1n) is 6.25. The third-order valence-electron chi connectivity index (χ3n) is 3.56. The van der Waals surface area contributed by atoms with Gasteiger partial charge < -0.3 is 5.32 Å². The van der Waals surface area contributed by atoms with Gasteiger partial charge in [0, 0.05) is 11.6 Å². The first-order valence-corrected chi connectivity index (χ1v) is 6.25. The van der Waals surface area contributed by atoms with Crippen molar-refractivity contribution in [3.05, 3.63) is 35.6 Å². The predicted molar refractivity (Wildman–Crippen MR) is 64.8 cm³/mol. The number of benzene rings is 1. The fourth-order valence-corrected chi connectivity index (χ4v) is 2.49. The van der Waals surface area contributed by atoms with E-state index in [1.54, 1.807) is 6.07 Å². The first-order chi connectivity index (χ1) is 7.77. The lowest BCUT2D eigenvalue weighted by molar-refractivity contribution is 0.443. The largest absolute Gasteiger partial charge is 0.310 e. The Bertz CT molecular complexity index is 331. The highest BCUT2D eigenvalue weighted by atomic mass is 19.1. The Balaban J connectivity index is 1.87. The van der Waals surface area contributed by atoms with E-state index in [2.05, 4.69) is 5.32 Å². The summed E-state index contributed by atoms with van der Waals surface area (Å²) in [5, 5.41) is 3.44. The Kier molecular flexibility index (Phi) is 3.94. The highest BCUT2D eigenvalue weighted by molar-refractivity contribution is 5.20. The average molecular weight is 221 g/mol. The second-order valence-electron chi connectivity index (χ2n) is 4.80. The maximum Gasteiger partial charge on any atom is 0.127 e. The first kappa shape index (κ1) is 11.6. The van der Waals surface area contributed by atoms with Gasteiger partial charge in [0.2, 0.25) is 0 Å². The molecule has 0 heterocycles. The van der Waals surface area contributed by atoms with Crippen LogP contribution in [0.2, 0.25) is 0 Å². The lowest BCUT2D eigenvalue weighted by Gasteiger charge is -2.17. The summed E-state index contributed by atoms with van der Waals surface area (Å²) < 4.78 is 13.5. The summed E-state index contributed by atoms with van der Waals surface area (Å²) in [5.41, 5.74) is 0.778. The van der Waals surface area contributed by atoms with Crippen LogP contribution in [0.15, 0.2) is 24.3 Å². The summed E-state index contributed by atoms with van der Waals surface area (Å²) in [6.45, 7) is 3.06. The minimum Gasteiger partial charge on any atom is -0.310 e. The van der Waals surface area contributed by atoms with Gasteiger partial charge in [-0.25, -0.2) is 4.39 Å². The molecule has 0 spiro atoms. The van der Waals surface area contributed by atoms with Crippen molar-refractivity contribution in [2.45, 2.75) is 38.6 Å². The van der Waals surface area contributed by atoms with E-state index in [0.717, 1.165) is 18.0 Å². The van der Waals surface area contributed by atoms with Crippen molar-refractivity contribution in [2.75, 3.05) is 6.54 Å². The molecule has 1 aliphatic rings. The molecular weight excluding hydrogens is 201 g/mol. The lowest BCUT2D eigenvalue weighted by atomic mass is 10.1. The van der Waals surface area contributed by atoms with Gasteiger partial charge in [0.05, 0.1) is 0 Å². The molecule has 2 heteroatoms. The number of hydrogen-bond acceptors (Lipinski definition) is 1. The highest BCUT2D eigenvalue weighted by Crippen LogP contribution is 2.25. The topological polar surface area (TPSA) is 12.0 Å². The van der Waals surface area contributed by atoms with Crippen LogP contribution < -0.4 is 5.32 Å². The van der Waals surface area contributed by atoms with E-state index in [4.69, 9.17) is 0 Å². The fraction of sp³-hybridized carbons (Fsp3) is 0.571. The molecule has 0 saturated heterocycles. The van der Waals surface area contributed by atoms with Crippen LogP contribution in [0, 0.1) is 11.7 Å². The third kappa shape index (κ3) is 2.82. The van der Waals surface area contributed by atoms with Gasteiger partial charge in [-0.15, -0.1) is 0 Å². The van der Waals surface area contributed by atoms with Crippen LogP contribution in [0.25, 0.3) is 0 Å². The molecule has 1 aromatic rings. The smallest absolute Gasteiger partial charge is 0.127 e. The molecule has 0 aliphatic heterocycles. The van der Waals surface area contributed by atoms with Crippen molar-refractivity contribution in [3.8, 4) is 0 Å². The maximum absolute atomic E-state index is 13.5. The standard InChI is InChI=1S/C14H20FN/c1-11(13-8-4-5-9-14(13)15)16-10-12-6-2-3-7-12/h4-5,8-9,11-12,16H,2-3,6-7,10H2,1H3. The molecule has 0 amide bonds. The van der Waals surface area contributed by atoms with E-state index in [1.807, 2.05) is 19.1 Å². The minimum absolute atomic E-state index is 0.103. The summed E-state index contributed by atoms with van der Waals surface area (Å²) in [5.74, 6) is 0.697. The molecule has 1 nitrogen and oxygen atoms in total. The molecule has 1 N–H and O–H groups in total. The molecule has 16 heavy (non-hydrogen) atoms. The molecule has 1 unspecified atom stereocenters. The van der Waals surface area contributed by atoms with E-state index in [0.29, 0.717) is 0 Å². The van der Waals surface area contributed by atoms with Crippen molar-refractivity contribution in [1.29, 1.82) is 0 Å². The zero-order chi connectivity index (χ0) is 11.4. The van der Waals surface area contributed by atoms with E-state index in [-0.39, 0.29) is 11.9 Å². The quantitative estimate of drug-likeness (QED) is 0.818. The van der Waals surface area contributed by atoms with E-state index >= 15 is 0 Å². The van der Waals surface area contributed by atoms with Crippen molar-refractivity contribution >= 4 is 0 Å². The molecule has 0 radical (unpaired) electrons. The van der Waals surface area contributed by atoms with E-state index in [1.165, 1.54) is 31.7 Å². The Morgan fingerprint density at radius 3 is 2.69 bits per heavy atom. The van der Waals surface area contributed by atoms with Crippen LogP contribution in [0.4, 0.5) is 4.39 Å². The fourth-order valence-electron chi connectivity index (χ4n) is 2.49. The van der Waals surface area contributed by atoms with Crippen molar-refractivity contribution < 1.29 is 4.39 Å². The van der Waals surface area contributed by atoms with Crippen LogP contribution in [0.5, 0.6) is 0 Å². The molecule has 1 atom stereocenters. The minimum atomic E-state index is -0.103. The van der Waals surface area contributed by atoms with Gasteiger partial charge in [-0.3, -0.25) is 0 Å². The number of nitrogens with one attached hydrogen (secondary N) is 1. The van der Waals surface area contributed by atoms with Crippen molar-refractivity contribution in [2.24, 2.45) is 5.92 Å². The van der Waals surface area contributed by atoms with E-state index in [9.17, 15) is 4.39 Å². The van der Waals surface area contributed by atoms with Crippen LogP contribution >= 0.6 is 0 Å². The van der Waals surface area contributed by atoms with Crippen molar-refractivity contribution in [1.82, 2.24) is 5.32 Å². The molecule has 0 bridgehead atoms. The van der Waals surface area contributed by atoms with Gasteiger partial charge in [-0.2, -0.15) is 0 Å². The zero-order valence-corrected chi connectivity index (χ0v) is 9.88. The second-order valence-corrected chi connectivity index (χ2v) is 4.80. The monoisotopic (exact) mass is 221 g/mol. The molecule has 1 aliphatic carbocycles. The summed E-state index contributed by atoms with van der Waals surface area (Å²) in [6.07, 6.45) is 5.38. The van der Waals surface area contributed by atoms with Gasteiger partial charge in [-0.05, 0) is 38.3 Å². The number of rotatable bonds is 4. The Morgan fingerprint density at radius 1 is 1.31 bits per heavy atom. The summed E-state index contributed by atoms with van der Waals surface area (Å²) in [4.78, 5) is 0. The number of hydrogen-bond donors (Lipinski definition) is 1. The molecule has 0 aromatic heterocycles. The molecule has 1 saturated carbocycles. The molecule has 2 rings (SSSR count). The van der Waals surface area contributed by atoms with Crippen LogP contribution in [0.3, 0.4) is 0 Å². The van der Waals surface area contributed by atoms with Crippen LogP contribution in [0.1, 0.15) is 44.2 Å². The second kappa shape index (κ2) is 5.44. The Labute approximate surface area is 97.1 Å². The van der Waals surface area contributed by atoms with Crippen LogP contribution in [-0.2, 0) is 0 Å². The average Bonchev–Trinajstić information content (AvgIpc) is 2.79. The van der Waals surface area contributed by atoms with Gasteiger partial charge >= 0.3 is 0 Å². The van der Waals surface area contributed by atoms with Gasteiger partial charge in [0.1, 0.15) is 5.82 Å². The summed E-state index contributed by atoms with van der Waals surface area (Å²) in [7, 11) is 0. The molecule has 1 fully saturated rings. The highest BCUT2D eigenvalue weighted by Gasteiger charge is 2.16. The summed E-state index contributed by atoms with van der Waals surface area (Å²) in [6, 6.07) is 7.14. The molecular formula is C14H20FN. The third-order valence-corrected chi connectivity index (χ3v) is 3.56. The summed E-state index contributed by atoms with van der Waals surface area (Å²) >= 11 is 0. The Morgan fingerprint density at radius 2 is 2.00 bits per heavy atom. The zero-order valence-electron chi connectivity index (χ0n) is 9.88. The van der Waals surface area contributed by atoms with E-state index < -0.39 is 0 Å². The SMILES string of the molecule is CC(NCC1CCCC1)c1ccccc1F. The normalized spacial score (nSPS) is 18.9. The maximum atomic E-state index is 13.5. The van der Waals surface area contributed by atoms with Crippen LogP contribution in [-0.4, -0.2) is 6.54 Å². The van der Waals surface area contributed by atoms with Gasteiger partial charge in [0.25, 0.3) is 0 Å². The van der Waals surface area contributed by atoms with Crippen molar-refractivity contribution in [3.63, 3.8) is 0 Å². The molecule has 1 aromatic carbocycles. The van der Waals surface area contributed by atoms with Gasteiger partial charge in [-0.1, -0.05) is 31.0 Å².